The number of carbonyl (C=O) groups is 2. The fourth-order valence-electron chi connectivity index (χ4n) is 2.24. The van der Waals surface area contributed by atoms with Gasteiger partial charge < -0.3 is 19.5 Å². The molecule has 2 aromatic carbocycles. The van der Waals surface area contributed by atoms with Crippen LogP contribution in [-0.2, 0) is 16.1 Å². The van der Waals surface area contributed by atoms with Gasteiger partial charge in [-0.05, 0) is 37.3 Å². The number of hydrogen-bond acceptors (Lipinski definition) is 5. The summed E-state index contributed by atoms with van der Waals surface area (Å²) in [7, 11) is 3.09. The molecule has 25 heavy (non-hydrogen) atoms. The van der Waals surface area contributed by atoms with E-state index in [1.165, 1.54) is 7.11 Å². The number of aryl methyl sites for hydroxylation is 1. The van der Waals surface area contributed by atoms with Gasteiger partial charge in [0.05, 0.1) is 14.2 Å². The zero-order valence-corrected chi connectivity index (χ0v) is 14.5. The van der Waals surface area contributed by atoms with Crippen molar-refractivity contribution in [2.24, 2.45) is 0 Å². The van der Waals surface area contributed by atoms with Crippen LogP contribution in [-0.4, -0.2) is 32.6 Å². The molecule has 0 aliphatic rings. The lowest BCUT2D eigenvalue weighted by molar-refractivity contribution is -0.143. The number of ether oxygens (including phenoxy) is 3. The molecule has 6 nitrogen and oxygen atoms in total. The lowest BCUT2D eigenvalue weighted by Gasteiger charge is -2.11. The van der Waals surface area contributed by atoms with Gasteiger partial charge in [0, 0.05) is 11.1 Å². The summed E-state index contributed by atoms with van der Waals surface area (Å²) in [5.74, 6) is 0.377. The number of nitrogens with one attached hydrogen (secondary N) is 1. The molecule has 0 saturated carbocycles. The van der Waals surface area contributed by atoms with Crippen LogP contribution in [0.1, 0.15) is 21.5 Å². The van der Waals surface area contributed by atoms with Crippen LogP contribution >= 0.6 is 0 Å². The molecular weight excluding hydrogens is 322 g/mol. The van der Waals surface area contributed by atoms with Crippen molar-refractivity contribution in [3.05, 3.63) is 59.2 Å². The van der Waals surface area contributed by atoms with Crippen LogP contribution in [0.3, 0.4) is 0 Å². The van der Waals surface area contributed by atoms with Gasteiger partial charge in [-0.2, -0.15) is 0 Å². The predicted molar refractivity (Wildman–Crippen MR) is 92.9 cm³/mol. The van der Waals surface area contributed by atoms with Crippen molar-refractivity contribution in [3.63, 3.8) is 0 Å². The summed E-state index contributed by atoms with van der Waals surface area (Å²) >= 11 is 0. The van der Waals surface area contributed by atoms with E-state index in [0.29, 0.717) is 22.6 Å². The Morgan fingerprint density at radius 3 is 2.52 bits per heavy atom. The Hall–Kier alpha value is -3.02. The minimum atomic E-state index is -0.536. The highest BCUT2D eigenvalue weighted by Crippen LogP contribution is 2.24. The third kappa shape index (κ3) is 5.24. The molecule has 0 aliphatic heterocycles. The van der Waals surface area contributed by atoms with Crippen molar-refractivity contribution in [2.75, 3.05) is 20.8 Å². The van der Waals surface area contributed by atoms with Crippen molar-refractivity contribution in [3.8, 4) is 11.5 Å². The van der Waals surface area contributed by atoms with E-state index >= 15 is 0 Å². The van der Waals surface area contributed by atoms with Crippen LogP contribution in [0, 0.1) is 6.92 Å². The number of amides is 1. The molecule has 1 N–H and O–H groups in total. The Morgan fingerprint density at radius 1 is 1.04 bits per heavy atom. The van der Waals surface area contributed by atoms with Crippen LogP contribution in [0.4, 0.5) is 0 Å². The Kier molecular flexibility index (Phi) is 6.39. The average molecular weight is 343 g/mol. The predicted octanol–water partition coefficient (Wildman–Crippen LogP) is 2.49. The number of benzene rings is 2. The van der Waals surface area contributed by atoms with E-state index in [2.05, 4.69) is 5.32 Å². The van der Waals surface area contributed by atoms with E-state index in [-0.39, 0.29) is 19.1 Å². The molecular formula is C19H21NO5. The molecule has 0 spiro atoms. The normalized spacial score (nSPS) is 10.0. The van der Waals surface area contributed by atoms with E-state index in [9.17, 15) is 9.59 Å². The average Bonchev–Trinajstić information content (AvgIpc) is 2.64. The Balaban J connectivity index is 1.88. The van der Waals surface area contributed by atoms with Crippen molar-refractivity contribution in [1.29, 1.82) is 0 Å². The second-order valence-electron chi connectivity index (χ2n) is 5.39. The van der Waals surface area contributed by atoms with Gasteiger partial charge in [-0.25, -0.2) is 0 Å². The standard InChI is InChI=1S/C19H21NO5/c1-13-5-4-6-14(9-13)19(22)20-11-18(21)25-12-15-10-16(23-2)7-8-17(15)24-3/h4-10H,11-12H2,1-3H3,(H,20,22). The molecule has 2 rings (SSSR count). The summed E-state index contributed by atoms with van der Waals surface area (Å²) in [5.41, 5.74) is 2.16. The van der Waals surface area contributed by atoms with Gasteiger partial charge in [0.25, 0.3) is 5.91 Å². The Morgan fingerprint density at radius 2 is 1.84 bits per heavy atom. The van der Waals surface area contributed by atoms with E-state index in [0.717, 1.165) is 5.56 Å². The van der Waals surface area contributed by atoms with E-state index in [1.54, 1.807) is 43.5 Å². The molecule has 2 aromatic rings. The van der Waals surface area contributed by atoms with E-state index in [1.807, 2.05) is 13.0 Å². The van der Waals surface area contributed by atoms with Gasteiger partial charge >= 0.3 is 5.97 Å². The minimum Gasteiger partial charge on any atom is -0.497 e. The molecule has 0 fully saturated rings. The highest BCUT2D eigenvalue weighted by Gasteiger charge is 2.11. The molecule has 0 atom stereocenters. The topological polar surface area (TPSA) is 73.9 Å². The van der Waals surface area contributed by atoms with Crippen LogP contribution in [0.5, 0.6) is 11.5 Å². The second-order valence-corrected chi connectivity index (χ2v) is 5.39. The largest absolute Gasteiger partial charge is 0.497 e. The summed E-state index contributed by atoms with van der Waals surface area (Å²) in [4.78, 5) is 23.9. The number of esters is 1. The first kappa shape index (κ1) is 18.3. The van der Waals surface area contributed by atoms with Gasteiger partial charge in [0.1, 0.15) is 24.7 Å². The summed E-state index contributed by atoms with van der Waals surface area (Å²) in [6, 6.07) is 12.4. The van der Waals surface area contributed by atoms with E-state index < -0.39 is 5.97 Å². The van der Waals surface area contributed by atoms with Crippen molar-refractivity contribution in [1.82, 2.24) is 5.32 Å². The van der Waals surface area contributed by atoms with E-state index in [4.69, 9.17) is 14.2 Å². The van der Waals surface area contributed by atoms with Gasteiger partial charge in [-0.3, -0.25) is 9.59 Å². The maximum Gasteiger partial charge on any atom is 0.325 e. The molecule has 0 saturated heterocycles. The van der Waals surface area contributed by atoms with Crippen LogP contribution < -0.4 is 14.8 Å². The highest BCUT2D eigenvalue weighted by atomic mass is 16.5. The maximum atomic E-state index is 12.0. The summed E-state index contributed by atoms with van der Waals surface area (Å²) < 4.78 is 15.6. The summed E-state index contributed by atoms with van der Waals surface area (Å²) in [5, 5.41) is 2.54. The lowest BCUT2D eigenvalue weighted by atomic mass is 10.1. The van der Waals surface area contributed by atoms with Crippen molar-refractivity contribution < 1.29 is 23.8 Å². The molecule has 0 aliphatic carbocycles. The number of carbonyl (C=O) groups excluding carboxylic acids is 2. The molecule has 0 aromatic heterocycles. The first-order valence-electron chi connectivity index (χ1n) is 7.75. The lowest BCUT2D eigenvalue weighted by Crippen LogP contribution is -2.30. The van der Waals surface area contributed by atoms with Crippen LogP contribution in [0.2, 0.25) is 0 Å². The number of hydrogen-bond donors (Lipinski definition) is 1. The smallest absolute Gasteiger partial charge is 0.325 e. The summed E-state index contributed by atoms with van der Waals surface area (Å²) in [6.07, 6.45) is 0. The minimum absolute atomic E-state index is 0.0273. The van der Waals surface area contributed by atoms with Crippen LogP contribution in [0.15, 0.2) is 42.5 Å². The number of methoxy groups -OCH3 is 2. The fourth-order valence-corrected chi connectivity index (χ4v) is 2.24. The van der Waals surface area contributed by atoms with Crippen molar-refractivity contribution >= 4 is 11.9 Å². The van der Waals surface area contributed by atoms with Gasteiger partial charge in [0.15, 0.2) is 0 Å². The molecule has 0 radical (unpaired) electrons. The maximum absolute atomic E-state index is 12.0. The Labute approximate surface area is 146 Å². The first-order valence-corrected chi connectivity index (χ1v) is 7.75. The molecule has 0 unspecified atom stereocenters. The summed E-state index contributed by atoms with van der Waals surface area (Å²) in [6.45, 7) is 1.71. The van der Waals surface area contributed by atoms with Crippen LogP contribution in [0.25, 0.3) is 0 Å². The van der Waals surface area contributed by atoms with Gasteiger partial charge in [0.2, 0.25) is 0 Å². The monoisotopic (exact) mass is 343 g/mol. The Bertz CT molecular complexity index is 757. The number of rotatable bonds is 7. The zero-order chi connectivity index (χ0) is 18.2. The third-order valence-electron chi connectivity index (χ3n) is 3.55. The molecule has 6 heteroatoms. The van der Waals surface area contributed by atoms with Gasteiger partial charge in [-0.1, -0.05) is 17.7 Å². The molecule has 1 amide bonds. The molecule has 132 valence electrons. The second kappa shape index (κ2) is 8.73. The zero-order valence-electron chi connectivity index (χ0n) is 14.5. The first-order chi connectivity index (χ1) is 12.0. The van der Waals surface area contributed by atoms with Crippen molar-refractivity contribution in [2.45, 2.75) is 13.5 Å². The SMILES string of the molecule is COc1ccc(OC)c(COC(=O)CNC(=O)c2cccc(C)c2)c1. The molecule has 0 bridgehead atoms. The highest BCUT2D eigenvalue weighted by molar-refractivity contribution is 5.96. The van der Waals surface area contributed by atoms with Gasteiger partial charge in [-0.15, -0.1) is 0 Å². The molecule has 0 heterocycles. The quantitative estimate of drug-likeness (QED) is 0.782. The fraction of sp³-hybridized carbons (Fsp3) is 0.263. The third-order valence-corrected chi connectivity index (χ3v) is 3.55.